The summed E-state index contributed by atoms with van der Waals surface area (Å²) in [5.74, 6) is -0.0266. The highest BCUT2D eigenvalue weighted by molar-refractivity contribution is 7.92. The van der Waals surface area contributed by atoms with E-state index in [9.17, 15) is 13.2 Å². The Morgan fingerprint density at radius 2 is 1.76 bits per heavy atom. The molecule has 0 spiro atoms. The highest BCUT2D eigenvalue weighted by atomic mass is 35.5. The van der Waals surface area contributed by atoms with Crippen molar-refractivity contribution < 1.29 is 17.9 Å². The maximum Gasteiger partial charge on any atom is 0.262 e. The van der Waals surface area contributed by atoms with Crippen LogP contribution >= 0.6 is 34.8 Å². The van der Waals surface area contributed by atoms with Crippen LogP contribution in [0.1, 0.15) is 0 Å². The van der Waals surface area contributed by atoms with Crippen LogP contribution < -0.4 is 14.8 Å². The van der Waals surface area contributed by atoms with Gasteiger partial charge in [-0.2, -0.15) is 0 Å². The largest absolute Gasteiger partial charge is 0.484 e. The molecule has 0 aliphatic carbocycles. The van der Waals surface area contributed by atoms with E-state index in [2.05, 4.69) is 10.0 Å². The minimum absolute atomic E-state index is 0.147. The Labute approximate surface area is 160 Å². The molecule has 0 aliphatic rings. The molecule has 6 nitrogen and oxygen atoms in total. The topological polar surface area (TPSA) is 84.5 Å². The summed E-state index contributed by atoms with van der Waals surface area (Å²) in [5.41, 5.74) is 0.612. The fourth-order valence-corrected chi connectivity index (χ4v) is 2.94. The maximum atomic E-state index is 11.9. The van der Waals surface area contributed by atoms with Gasteiger partial charge in [-0.25, -0.2) is 8.42 Å². The van der Waals surface area contributed by atoms with Crippen molar-refractivity contribution >= 4 is 62.1 Å². The Bertz CT molecular complexity index is 904. The van der Waals surface area contributed by atoms with Crippen LogP contribution in [-0.2, 0) is 14.8 Å². The molecule has 2 aromatic rings. The predicted molar refractivity (Wildman–Crippen MR) is 101 cm³/mol. The van der Waals surface area contributed by atoms with Crippen LogP contribution in [0.5, 0.6) is 5.75 Å². The maximum absolute atomic E-state index is 11.9. The van der Waals surface area contributed by atoms with Crippen molar-refractivity contribution in [2.24, 2.45) is 0 Å². The molecule has 0 heterocycles. The number of hydrogen-bond donors (Lipinski definition) is 2. The number of hydrogen-bond acceptors (Lipinski definition) is 4. The normalized spacial score (nSPS) is 11.0. The van der Waals surface area contributed by atoms with Crippen molar-refractivity contribution in [2.75, 3.05) is 22.9 Å². The first-order valence-corrected chi connectivity index (χ1v) is 9.81. The number of carbonyl (C=O) groups excluding carboxylic acids is 1. The van der Waals surface area contributed by atoms with E-state index in [0.29, 0.717) is 21.5 Å². The summed E-state index contributed by atoms with van der Waals surface area (Å²) in [6.07, 6.45) is 1.01. The van der Waals surface area contributed by atoms with Crippen molar-refractivity contribution in [1.82, 2.24) is 0 Å². The smallest absolute Gasteiger partial charge is 0.262 e. The molecule has 2 rings (SSSR count). The van der Waals surface area contributed by atoms with Crippen LogP contribution in [-0.4, -0.2) is 27.2 Å². The van der Waals surface area contributed by atoms with E-state index in [-0.39, 0.29) is 17.3 Å². The number of benzene rings is 2. The average molecular weight is 424 g/mol. The third-order valence-electron chi connectivity index (χ3n) is 2.81. The third-order valence-corrected chi connectivity index (χ3v) is 4.45. The van der Waals surface area contributed by atoms with Gasteiger partial charge in [-0.05, 0) is 30.3 Å². The predicted octanol–water partition coefficient (Wildman–Crippen LogP) is 4.04. The van der Waals surface area contributed by atoms with Crippen molar-refractivity contribution in [2.45, 2.75) is 0 Å². The molecule has 0 radical (unpaired) electrons. The van der Waals surface area contributed by atoms with Gasteiger partial charge in [0.1, 0.15) is 5.75 Å². The molecule has 0 saturated carbocycles. The first-order chi connectivity index (χ1) is 11.6. The van der Waals surface area contributed by atoms with Gasteiger partial charge in [-0.1, -0.05) is 34.8 Å². The summed E-state index contributed by atoms with van der Waals surface area (Å²) in [6.45, 7) is -0.251. The second kappa shape index (κ2) is 8.14. The molecule has 0 aliphatic heterocycles. The molecule has 0 saturated heterocycles. The highest BCUT2D eigenvalue weighted by Crippen LogP contribution is 2.27. The highest BCUT2D eigenvalue weighted by Gasteiger charge is 2.09. The Kier molecular flexibility index (Phi) is 6.40. The Morgan fingerprint density at radius 3 is 2.36 bits per heavy atom. The van der Waals surface area contributed by atoms with E-state index >= 15 is 0 Å². The second-order valence-electron chi connectivity index (χ2n) is 4.98. The van der Waals surface area contributed by atoms with Gasteiger partial charge in [-0.3, -0.25) is 9.52 Å². The zero-order chi connectivity index (χ0) is 18.6. The van der Waals surface area contributed by atoms with Gasteiger partial charge >= 0.3 is 0 Å². The van der Waals surface area contributed by atoms with Crippen LogP contribution in [0.3, 0.4) is 0 Å². The van der Waals surface area contributed by atoms with E-state index in [4.69, 9.17) is 39.5 Å². The summed E-state index contributed by atoms with van der Waals surface area (Å²) >= 11 is 17.6. The van der Waals surface area contributed by atoms with Gasteiger partial charge in [0, 0.05) is 11.8 Å². The van der Waals surface area contributed by atoms with Gasteiger partial charge in [0.15, 0.2) is 6.61 Å². The zero-order valence-electron chi connectivity index (χ0n) is 12.8. The van der Waals surface area contributed by atoms with Crippen molar-refractivity contribution in [1.29, 1.82) is 0 Å². The number of rotatable bonds is 6. The van der Waals surface area contributed by atoms with Crippen LogP contribution in [0.25, 0.3) is 0 Å². The van der Waals surface area contributed by atoms with Crippen LogP contribution in [0, 0.1) is 0 Å². The number of carbonyl (C=O) groups is 1. The summed E-state index contributed by atoms with van der Waals surface area (Å²) < 4.78 is 30.0. The molecule has 1 amide bonds. The van der Waals surface area contributed by atoms with Gasteiger partial charge in [0.2, 0.25) is 10.0 Å². The van der Waals surface area contributed by atoms with Crippen molar-refractivity contribution in [3.63, 3.8) is 0 Å². The molecule has 0 unspecified atom stereocenters. The molecule has 0 aromatic heterocycles. The fourth-order valence-electron chi connectivity index (χ4n) is 1.79. The van der Waals surface area contributed by atoms with Crippen molar-refractivity contribution in [3.8, 4) is 5.75 Å². The minimum atomic E-state index is -3.44. The number of amides is 1. The molecule has 0 bridgehead atoms. The van der Waals surface area contributed by atoms with Gasteiger partial charge in [0.25, 0.3) is 5.91 Å². The number of halogens is 3. The molecule has 2 aromatic carbocycles. The summed E-state index contributed by atoms with van der Waals surface area (Å²) in [5, 5.41) is 3.44. The number of anilines is 2. The number of nitrogens with one attached hydrogen (secondary N) is 2. The number of sulfonamides is 1. The Morgan fingerprint density at radius 1 is 1.04 bits per heavy atom. The van der Waals surface area contributed by atoms with Gasteiger partial charge in [0.05, 0.1) is 27.0 Å². The molecular weight excluding hydrogens is 411 g/mol. The quantitative estimate of drug-likeness (QED) is 0.734. The lowest BCUT2D eigenvalue weighted by molar-refractivity contribution is -0.118. The van der Waals surface area contributed by atoms with E-state index in [1.165, 1.54) is 24.3 Å². The third kappa shape index (κ3) is 6.28. The fraction of sp³-hybridized carbons (Fsp3) is 0.133. The van der Waals surface area contributed by atoms with E-state index in [1.54, 1.807) is 12.1 Å². The van der Waals surface area contributed by atoms with Crippen LogP contribution in [0.2, 0.25) is 15.1 Å². The molecular formula is C15H13Cl3N2O4S. The lowest BCUT2D eigenvalue weighted by Crippen LogP contribution is -2.20. The summed E-state index contributed by atoms with van der Waals surface area (Å²) in [7, 11) is -3.44. The van der Waals surface area contributed by atoms with Crippen LogP contribution in [0.15, 0.2) is 36.4 Å². The minimum Gasteiger partial charge on any atom is -0.484 e. The van der Waals surface area contributed by atoms with Crippen molar-refractivity contribution in [3.05, 3.63) is 51.5 Å². The van der Waals surface area contributed by atoms with Crippen LogP contribution in [0.4, 0.5) is 11.4 Å². The van der Waals surface area contributed by atoms with E-state index in [1.807, 2.05) is 0 Å². The van der Waals surface area contributed by atoms with E-state index < -0.39 is 15.9 Å². The molecule has 0 fully saturated rings. The van der Waals surface area contributed by atoms with Gasteiger partial charge < -0.3 is 10.1 Å². The monoisotopic (exact) mass is 422 g/mol. The first kappa shape index (κ1) is 19.7. The molecule has 10 heteroatoms. The first-order valence-electron chi connectivity index (χ1n) is 6.79. The second-order valence-corrected chi connectivity index (χ2v) is 7.95. The Hall–Kier alpha value is -1.67. The lowest BCUT2D eigenvalue weighted by Gasteiger charge is -2.10. The zero-order valence-corrected chi connectivity index (χ0v) is 15.9. The average Bonchev–Trinajstić information content (AvgIpc) is 2.50. The lowest BCUT2D eigenvalue weighted by atomic mass is 10.3. The molecule has 25 heavy (non-hydrogen) atoms. The van der Waals surface area contributed by atoms with Gasteiger partial charge in [-0.15, -0.1) is 0 Å². The summed E-state index contributed by atoms with van der Waals surface area (Å²) in [6, 6.07) is 9.02. The molecule has 2 N–H and O–H groups in total. The number of ether oxygens (including phenoxy) is 1. The molecule has 134 valence electrons. The van der Waals surface area contributed by atoms with E-state index in [0.717, 1.165) is 6.26 Å². The summed E-state index contributed by atoms with van der Waals surface area (Å²) in [4.78, 5) is 11.9. The molecule has 0 atom stereocenters. The Balaban J connectivity index is 1.96. The SMILES string of the molecule is CS(=O)(=O)Nc1ccc(NC(=O)COc2ccc(Cl)c(Cl)c2)cc1Cl. The standard InChI is InChI=1S/C15H13Cl3N2O4S/c1-25(22,23)20-14-5-2-9(6-13(14)18)19-15(21)8-24-10-3-4-11(16)12(17)7-10/h2-7,20H,8H2,1H3,(H,19,21).